The molecule has 0 bridgehead atoms. The van der Waals surface area contributed by atoms with Gasteiger partial charge in [0.1, 0.15) is 5.75 Å². The van der Waals surface area contributed by atoms with Gasteiger partial charge in [0.05, 0.1) is 20.2 Å². The lowest BCUT2D eigenvalue weighted by Gasteiger charge is -2.18. The molecule has 0 saturated carbocycles. The Bertz CT molecular complexity index is 859. The van der Waals surface area contributed by atoms with Crippen LogP contribution in [-0.4, -0.2) is 44.0 Å². The van der Waals surface area contributed by atoms with Gasteiger partial charge in [-0.1, -0.05) is 17.7 Å². The zero-order valence-electron chi connectivity index (χ0n) is 16.0. The molecule has 8 heteroatoms. The number of nitrogens with zero attached hydrogens (tertiary/aromatic N) is 1. The summed E-state index contributed by atoms with van der Waals surface area (Å²) < 4.78 is 31.3. The number of rotatable bonds is 8. The van der Waals surface area contributed by atoms with E-state index < -0.39 is 17.5 Å². The van der Waals surface area contributed by atoms with E-state index in [-0.39, 0.29) is 24.7 Å². The third-order valence-corrected chi connectivity index (χ3v) is 3.94. The highest BCUT2D eigenvalue weighted by molar-refractivity contribution is 5.94. The number of methoxy groups -OCH3 is 1. The number of carbonyl (C=O) groups is 2. The van der Waals surface area contributed by atoms with Gasteiger partial charge in [-0.3, -0.25) is 14.5 Å². The summed E-state index contributed by atoms with van der Waals surface area (Å²) in [4.78, 5) is 25.7. The first kappa shape index (κ1) is 21.3. The summed E-state index contributed by atoms with van der Waals surface area (Å²) in [7, 11) is 3.37. The second-order valence-corrected chi connectivity index (χ2v) is 6.44. The minimum Gasteiger partial charge on any atom is -0.496 e. The van der Waals surface area contributed by atoms with Crippen LogP contribution >= 0.6 is 0 Å². The molecule has 0 saturated heterocycles. The average molecular weight is 391 g/mol. The van der Waals surface area contributed by atoms with Crippen LogP contribution in [0.5, 0.6) is 5.75 Å². The summed E-state index contributed by atoms with van der Waals surface area (Å²) in [6.07, 6.45) is 0. The van der Waals surface area contributed by atoms with Gasteiger partial charge in [0.15, 0.2) is 11.6 Å². The molecule has 28 heavy (non-hydrogen) atoms. The van der Waals surface area contributed by atoms with Crippen molar-refractivity contribution < 1.29 is 23.1 Å². The number of aryl methyl sites for hydroxylation is 1. The Morgan fingerprint density at radius 3 is 2.50 bits per heavy atom. The molecule has 0 aromatic heterocycles. The molecule has 0 aliphatic heterocycles. The number of carbonyl (C=O) groups excluding carboxylic acids is 2. The fourth-order valence-corrected chi connectivity index (χ4v) is 2.64. The third kappa shape index (κ3) is 6.31. The fourth-order valence-electron chi connectivity index (χ4n) is 2.64. The number of ether oxygens (including phenoxy) is 1. The van der Waals surface area contributed by atoms with Crippen molar-refractivity contribution >= 4 is 17.5 Å². The molecule has 0 aliphatic rings. The Morgan fingerprint density at radius 2 is 1.82 bits per heavy atom. The first-order chi connectivity index (χ1) is 13.3. The van der Waals surface area contributed by atoms with Crippen molar-refractivity contribution in [2.45, 2.75) is 13.5 Å². The molecule has 0 radical (unpaired) electrons. The average Bonchev–Trinajstić information content (AvgIpc) is 2.63. The Morgan fingerprint density at radius 1 is 1.07 bits per heavy atom. The van der Waals surface area contributed by atoms with Crippen molar-refractivity contribution in [3.8, 4) is 5.75 Å². The van der Waals surface area contributed by atoms with Crippen LogP contribution in [0.2, 0.25) is 0 Å². The van der Waals surface area contributed by atoms with E-state index in [0.717, 1.165) is 29.0 Å². The molecule has 2 amide bonds. The molecular weight excluding hydrogens is 368 g/mol. The number of hydrogen-bond donors (Lipinski definition) is 2. The van der Waals surface area contributed by atoms with Crippen LogP contribution in [-0.2, 0) is 16.1 Å². The predicted octanol–water partition coefficient (Wildman–Crippen LogP) is 2.47. The molecule has 150 valence electrons. The maximum absolute atomic E-state index is 13.1. The van der Waals surface area contributed by atoms with Gasteiger partial charge >= 0.3 is 0 Å². The highest BCUT2D eigenvalue weighted by Gasteiger charge is 2.12. The van der Waals surface area contributed by atoms with E-state index in [1.54, 1.807) is 19.1 Å². The lowest BCUT2D eigenvalue weighted by Crippen LogP contribution is -2.39. The van der Waals surface area contributed by atoms with Gasteiger partial charge in [0.25, 0.3) is 0 Å². The van der Waals surface area contributed by atoms with E-state index in [2.05, 4.69) is 10.6 Å². The van der Waals surface area contributed by atoms with Gasteiger partial charge in [0, 0.05) is 23.9 Å². The fraction of sp³-hybridized carbons (Fsp3) is 0.300. The first-order valence-corrected chi connectivity index (χ1v) is 8.62. The number of amides is 2. The minimum absolute atomic E-state index is 0.0789. The highest BCUT2D eigenvalue weighted by atomic mass is 19.2. The Labute approximate surface area is 162 Å². The predicted molar refractivity (Wildman–Crippen MR) is 102 cm³/mol. The largest absolute Gasteiger partial charge is 0.496 e. The van der Waals surface area contributed by atoms with E-state index in [0.29, 0.717) is 6.54 Å². The normalized spacial score (nSPS) is 10.6. The van der Waals surface area contributed by atoms with Crippen molar-refractivity contribution in [3.63, 3.8) is 0 Å². The van der Waals surface area contributed by atoms with Crippen molar-refractivity contribution in [1.29, 1.82) is 0 Å². The molecule has 0 fully saturated rings. The Hall–Kier alpha value is -3.00. The van der Waals surface area contributed by atoms with E-state index >= 15 is 0 Å². The van der Waals surface area contributed by atoms with Crippen LogP contribution in [0.15, 0.2) is 36.4 Å². The van der Waals surface area contributed by atoms with Gasteiger partial charge in [-0.05, 0) is 32.2 Å². The maximum Gasteiger partial charge on any atom is 0.243 e. The maximum atomic E-state index is 13.1. The molecule has 6 nitrogen and oxygen atoms in total. The summed E-state index contributed by atoms with van der Waals surface area (Å²) in [5, 5.41) is 4.88. The van der Waals surface area contributed by atoms with Crippen molar-refractivity contribution in [3.05, 3.63) is 59.2 Å². The zero-order chi connectivity index (χ0) is 20.7. The molecular formula is C20H23F2N3O3. The van der Waals surface area contributed by atoms with E-state index in [9.17, 15) is 18.4 Å². The monoisotopic (exact) mass is 391 g/mol. The summed E-state index contributed by atoms with van der Waals surface area (Å²) in [5.41, 5.74) is 2.15. The Kier molecular flexibility index (Phi) is 7.45. The van der Waals surface area contributed by atoms with Crippen molar-refractivity contribution in [1.82, 2.24) is 10.2 Å². The summed E-state index contributed by atoms with van der Waals surface area (Å²) in [6, 6.07) is 8.83. The van der Waals surface area contributed by atoms with Crippen LogP contribution in [0.1, 0.15) is 11.1 Å². The first-order valence-electron chi connectivity index (χ1n) is 8.62. The zero-order valence-corrected chi connectivity index (χ0v) is 16.0. The van der Waals surface area contributed by atoms with Crippen LogP contribution in [0.4, 0.5) is 14.5 Å². The molecule has 2 aromatic rings. The lowest BCUT2D eigenvalue weighted by atomic mass is 10.1. The summed E-state index contributed by atoms with van der Waals surface area (Å²) in [6.45, 7) is 2.27. The van der Waals surface area contributed by atoms with E-state index in [1.807, 2.05) is 25.1 Å². The standard InChI is InChI=1S/C20H23F2N3O3/c1-13-4-7-18(28-3)14(8-13)11-25(2)12-20(27)23-10-19(26)24-15-5-6-16(21)17(22)9-15/h4-9H,10-12H2,1-3H3,(H,23,27)(H,24,26). The highest BCUT2D eigenvalue weighted by Crippen LogP contribution is 2.20. The number of likely N-dealkylation sites (N-methyl/N-ethyl adjacent to an activating group) is 1. The van der Waals surface area contributed by atoms with Crippen LogP contribution in [0.3, 0.4) is 0 Å². The molecule has 0 heterocycles. The summed E-state index contributed by atoms with van der Waals surface area (Å²) >= 11 is 0. The van der Waals surface area contributed by atoms with Crippen molar-refractivity contribution in [2.24, 2.45) is 0 Å². The number of hydrogen-bond acceptors (Lipinski definition) is 4. The van der Waals surface area contributed by atoms with Gasteiger partial charge in [-0.2, -0.15) is 0 Å². The lowest BCUT2D eigenvalue weighted by molar-refractivity contribution is -0.124. The molecule has 2 aromatic carbocycles. The number of halogens is 2. The summed E-state index contributed by atoms with van der Waals surface area (Å²) in [5.74, 6) is -2.20. The quantitative estimate of drug-likeness (QED) is 0.725. The molecule has 2 rings (SSSR count). The van der Waals surface area contributed by atoms with Crippen molar-refractivity contribution in [2.75, 3.05) is 32.6 Å². The smallest absolute Gasteiger partial charge is 0.243 e. The second kappa shape index (κ2) is 9.80. The second-order valence-electron chi connectivity index (χ2n) is 6.44. The number of anilines is 1. The third-order valence-electron chi connectivity index (χ3n) is 3.94. The molecule has 0 unspecified atom stereocenters. The van der Waals surface area contributed by atoms with Crippen LogP contribution < -0.4 is 15.4 Å². The van der Waals surface area contributed by atoms with Crippen LogP contribution in [0, 0.1) is 18.6 Å². The molecule has 0 aliphatic carbocycles. The SMILES string of the molecule is COc1ccc(C)cc1CN(C)CC(=O)NCC(=O)Nc1ccc(F)c(F)c1. The molecule has 0 spiro atoms. The van der Waals surface area contributed by atoms with Gasteiger partial charge < -0.3 is 15.4 Å². The topological polar surface area (TPSA) is 70.7 Å². The minimum atomic E-state index is -1.06. The van der Waals surface area contributed by atoms with E-state index in [1.165, 1.54) is 6.07 Å². The molecule has 2 N–H and O–H groups in total. The van der Waals surface area contributed by atoms with Gasteiger partial charge in [-0.25, -0.2) is 8.78 Å². The number of benzene rings is 2. The van der Waals surface area contributed by atoms with Gasteiger partial charge in [0.2, 0.25) is 11.8 Å². The van der Waals surface area contributed by atoms with E-state index in [4.69, 9.17) is 4.74 Å². The Balaban J connectivity index is 1.80. The van der Waals surface area contributed by atoms with Crippen LogP contribution in [0.25, 0.3) is 0 Å². The number of nitrogens with one attached hydrogen (secondary N) is 2. The molecule has 0 atom stereocenters. The van der Waals surface area contributed by atoms with Gasteiger partial charge in [-0.15, -0.1) is 0 Å².